The second kappa shape index (κ2) is 7.96. The number of hydrogen-bond acceptors (Lipinski definition) is 6. The number of carbonyl (C=O) groups excluding carboxylic acids is 2. The van der Waals surface area contributed by atoms with Crippen molar-refractivity contribution in [2.45, 2.75) is 52.7 Å². The van der Waals surface area contributed by atoms with E-state index in [0.29, 0.717) is 23.3 Å². The van der Waals surface area contributed by atoms with E-state index in [-0.39, 0.29) is 12.5 Å². The number of fused-ring (bicyclic) bond motifs is 1. The van der Waals surface area contributed by atoms with Crippen LogP contribution in [-0.2, 0) is 20.8 Å². The molecule has 1 amide bonds. The van der Waals surface area contributed by atoms with Gasteiger partial charge < -0.3 is 14.0 Å². The van der Waals surface area contributed by atoms with Gasteiger partial charge in [-0.2, -0.15) is 0 Å². The SMILES string of the molecule is CCCCOC(=O)Cn1cc(NC(=O)OC(C)(C)C)c2cncnc21. The van der Waals surface area contributed by atoms with Crippen LogP contribution in [0, 0.1) is 0 Å². The highest BCUT2D eigenvalue weighted by Gasteiger charge is 2.19. The molecule has 1 N–H and O–H groups in total. The standard InChI is InChI=1S/C17H24N4O4/c1-5-6-7-24-14(22)10-21-9-13(12-8-18-11-19-15(12)21)20-16(23)25-17(2,3)4/h8-9,11H,5-7,10H2,1-4H3,(H,20,23). The molecular formula is C17H24N4O4. The van der Waals surface area contributed by atoms with Crippen LogP contribution in [0.15, 0.2) is 18.7 Å². The molecule has 0 fully saturated rings. The highest BCUT2D eigenvalue weighted by Crippen LogP contribution is 2.24. The molecule has 0 aliphatic carbocycles. The molecule has 8 heteroatoms. The monoisotopic (exact) mass is 348 g/mol. The summed E-state index contributed by atoms with van der Waals surface area (Å²) >= 11 is 0. The number of carbonyl (C=O) groups is 2. The van der Waals surface area contributed by atoms with Crippen molar-refractivity contribution in [2.75, 3.05) is 11.9 Å². The minimum absolute atomic E-state index is 0.00717. The van der Waals surface area contributed by atoms with Crippen molar-refractivity contribution in [1.29, 1.82) is 0 Å². The molecule has 0 atom stereocenters. The molecule has 2 aromatic heterocycles. The topological polar surface area (TPSA) is 95.3 Å². The summed E-state index contributed by atoms with van der Waals surface area (Å²) in [6.45, 7) is 7.78. The molecule has 0 aromatic carbocycles. The molecule has 0 saturated carbocycles. The van der Waals surface area contributed by atoms with Crippen LogP contribution in [0.2, 0.25) is 0 Å². The molecule has 0 bridgehead atoms. The number of amides is 1. The zero-order valence-electron chi connectivity index (χ0n) is 15.0. The Hall–Kier alpha value is -2.64. The number of ether oxygens (including phenoxy) is 2. The lowest BCUT2D eigenvalue weighted by Crippen LogP contribution is -2.27. The highest BCUT2D eigenvalue weighted by atomic mass is 16.6. The summed E-state index contributed by atoms with van der Waals surface area (Å²) in [5.74, 6) is -0.354. The zero-order valence-corrected chi connectivity index (χ0v) is 15.0. The van der Waals surface area contributed by atoms with Crippen LogP contribution in [0.5, 0.6) is 0 Å². The zero-order chi connectivity index (χ0) is 18.4. The minimum atomic E-state index is -0.609. The molecule has 2 rings (SSSR count). The van der Waals surface area contributed by atoms with Crippen LogP contribution >= 0.6 is 0 Å². The average Bonchev–Trinajstić information content (AvgIpc) is 2.84. The molecule has 2 heterocycles. The summed E-state index contributed by atoms with van der Waals surface area (Å²) in [7, 11) is 0. The summed E-state index contributed by atoms with van der Waals surface area (Å²) in [6.07, 6.45) is 5.79. The Morgan fingerprint density at radius 2 is 2.08 bits per heavy atom. The maximum Gasteiger partial charge on any atom is 0.412 e. The van der Waals surface area contributed by atoms with E-state index in [0.717, 1.165) is 12.8 Å². The van der Waals surface area contributed by atoms with Gasteiger partial charge in [-0.05, 0) is 27.2 Å². The predicted molar refractivity (Wildman–Crippen MR) is 93.3 cm³/mol. The van der Waals surface area contributed by atoms with Gasteiger partial charge in [0.05, 0.1) is 17.7 Å². The van der Waals surface area contributed by atoms with E-state index < -0.39 is 11.7 Å². The quantitative estimate of drug-likeness (QED) is 0.636. The number of esters is 1. The molecule has 8 nitrogen and oxygen atoms in total. The Balaban J connectivity index is 2.16. The van der Waals surface area contributed by atoms with Gasteiger partial charge in [0.15, 0.2) is 0 Å². The summed E-state index contributed by atoms with van der Waals surface area (Å²) in [4.78, 5) is 32.1. The first-order valence-electron chi connectivity index (χ1n) is 8.24. The maximum atomic E-state index is 12.0. The Bertz CT molecular complexity index is 749. The first-order chi connectivity index (χ1) is 11.8. The van der Waals surface area contributed by atoms with Crippen LogP contribution in [0.4, 0.5) is 10.5 Å². The van der Waals surface area contributed by atoms with Crippen molar-refractivity contribution in [3.05, 3.63) is 18.7 Å². The average molecular weight is 348 g/mol. The fraction of sp³-hybridized carbons (Fsp3) is 0.529. The molecule has 0 aliphatic rings. The van der Waals surface area contributed by atoms with Gasteiger partial charge in [0.1, 0.15) is 24.1 Å². The third-order valence-electron chi connectivity index (χ3n) is 3.23. The molecule has 0 aliphatic heterocycles. The smallest absolute Gasteiger partial charge is 0.412 e. The largest absolute Gasteiger partial charge is 0.464 e. The molecular weight excluding hydrogens is 324 g/mol. The Morgan fingerprint density at radius 3 is 2.76 bits per heavy atom. The van der Waals surface area contributed by atoms with Crippen molar-refractivity contribution >= 4 is 28.8 Å². The van der Waals surface area contributed by atoms with Gasteiger partial charge >= 0.3 is 12.1 Å². The fourth-order valence-electron chi connectivity index (χ4n) is 2.18. The number of nitrogens with one attached hydrogen (secondary N) is 1. The summed E-state index contributed by atoms with van der Waals surface area (Å²) in [5, 5.41) is 3.29. The van der Waals surface area contributed by atoms with Crippen LogP contribution in [0.25, 0.3) is 11.0 Å². The first kappa shape index (κ1) is 18.7. The number of rotatable bonds is 6. The van der Waals surface area contributed by atoms with Crippen LogP contribution in [0.1, 0.15) is 40.5 Å². The predicted octanol–water partition coefficient (Wildman–Crippen LogP) is 3.12. The van der Waals surface area contributed by atoms with E-state index in [1.807, 2.05) is 6.92 Å². The van der Waals surface area contributed by atoms with Gasteiger partial charge in [-0.1, -0.05) is 13.3 Å². The van der Waals surface area contributed by atoms with Crippen LogP contribution in [0.3, 0.4) is 0 Å². The Labute approximate surface area is 146 Å². The molecule has 0 unspecified atom stereocenters. The summed E-state index contributed by atoms with van der Waals surface area (Å²) in [5.41, 5.74) is 0.405. The van der Waals surface area contributed by atoms with E-state index in [1.54, 1.807) is 37.7 Å². The van der Waals surface area contributed by atoms with Gasteiger partial charge in [0.2, 0.25) is 0 Å². The fourth-order valence-corrected chi connectivity index (χ4v) is 2.18. The summed E-state index contributed by atoms with van der Waals surface area (Å²) < 4.78 is 12.1. The number of aromatic nitrogens is 3. The van der Waals surface area contributed by atoms with Crippen molar-refractivity contribution in [1.82, 2.24) is 14.5 Å². The second-order valence-electron chi connectivity index (χ2n) is 6.63. The van der Waals surface area contributed by atoms with Gasteiger partial charge in [-0.15, -0.1) is 0 Å². The lowest BCUT2D eigenvalue weighted by Gasteiger charge is -2.19. The van der Waals surface area contributed by atoms with Gasteiger partial charge in [-0.25, -0.2) is 14.8 Å². The van der Waals surface area contributed by atoms with E-state index in [1.165, 1.54) is 6.33 Å². The molecule has 0 spiro atoms. The van der Waals surface area contributed by atoms with Gasteiger partial charge in [0, 0.05) is 12.4 Å². The lowest BCUT2D eigenvalue weighted by atomic mass is 10.2. The van der Waals surface area contributed by atoms with Crippen molar-refractivity contribution in [3.8, 4) is 0 Å². The Kier molecular flexibility index (Phi) is 5.95. The number of anilines is 1. The van der Waals surface area contributed by atoms with Crippen molar-refractivity contribution in [3.63, 3.8) is 0 Å². The number of nitrogens with zero attached hydrogens (tertiary/aromatic N) is 3. The second-order valence-corrected chi connectivity index (χ2v) is 6.63. The van der Waals surface area contributed by atoms with Crippen molar-refractivity contribution < 1.29 is 19.1 Å². The Morgan fingerprint density at radius 1 is 1.32 bits per heavy atom. The molecule has 0 saturated heterocycles. The van der Waals surface area contributed by atoms with Crippen LogP contribution < -0.4 is 5.32 Å². The van der Waals surface area contributed by atoms with Crippen LogP contribution in [-0.4, -0.2) is 38.8 Å². The van der Waals surface area contributed by atoms with E-state index in [9.17, 15) is 9.59 Å². The highest BCUT2D eigenvalue weighted by molar-refractivity contribution is 5.98. The van der Waals surface area contributed by atoms with E-state index in [2.05, 4.69) is 15.3 Å². The lowest BCUT2D eigenvalue weighted by molar-refractivity contribution is -0.144. The normalized spacial score (nSPS) is 11.4. The van der Waals surface area contributed by atoms with Crippen molar-refractivity contribution in [2.24, 2.45) is 0 Å². The minimum Gasteiger partial charge on any atom is -0.464 e. The molecule has 2 aromatic rings. The third-order valence-corrected chi connectivity index (χ3v) is 3.23. The first-order valence-corrected chi connectivity index (χ1v) is 8.24. The number of unbranched alkanes of at least 4 members (excludes halogenated alkanes) is 1. The molecule has 0 radical (unpaired) electrons. The van der Waals surface area contributed by atoms with E-state index in [4.69, 9.17) is 9.47 Å². The van der Waals surface area contributed by atoms with Gasteiger partial charge in [0.25, 0.3) is 0 Å². The van der Waals surface area contributed by atoms with Gasteiger partial charge in [-0.3, -0.25) is 10.1 Å². The molecule has 136 valence electrons. The van der Waals surface area contributed by atoms with E-state index >= 15 is 0 Å². The summed E-state index contributed by atoms with van der Waals surface area (Å²) in [6, 6.07) is 0. The number of hydrogen-bond donors (Lipinski definition) is 1. The maximum absolute atomic E-state index is 12.0. The third kappa shape index (κ3) is 5.44. The molecule has 25 heavy (non-hydrogen) atoms.